The van der Waals surface area contributed by atoms with E-state index in [4.69, 9.17) is 0 Å². The van der Waals surface area contributed by atoms with Crippen LogP contribution in [0.1, 0.15) is 25.7 Å². The van der Waals surface area contributed by atoms with Gasteiger partial charge in [0.2, 0.25) is 0 Å². The first kappa shape index (κ1) is 9.42. The molecule has 0 aromatic carbocycles. The molecule has 0 N–H and O–H groups in total. The van der Waals surface area contributed by atoms with E-state index in [1.54, 1.807) is 62.7 Å². The van der Waals surface area contributed by atoms with E-state index in [0.29, 0.717) is 0 Å². The predicted molar refractivity (Wildman–Crippen MR) is 64.3 cm³/mol. The summed E-state index contributed by atoms with van der Waals surface area (Å²) in [5.41, 5.74) is 0. The van der Waals surface area contributed by atoms with E-state index >= 15 is 0 Å². The van der Waals surface area contributed by atoms with Crippen LogP contribution in [0.2, 0.25) is 0 Å². The molecule has 2 heteroatoms. The van der Waals surface area contributed by atoms with Gasteiger partial charge in [-0.25, -0.2) is 0 Å². The number of rotatable bonds is 0. The van der Waals surface area contributed by atoms with E-state index in [9.17, 15) is 0 Å². The first-order valence-electron chi connectivity index (χ1n) is 5.62. The molecule has 0 aromatic heterocycles. The average molecular weight is 204 g/mol. The molecule has 3 saturated heterocycles. The van der Waals surface area contributed by atoms with Gasteiger partial charge in [-0.3, -0.25) is 0 Å². The Hall–Kier alpha value is 0.860. The van der Waals surface area contributed by atoms with Gasteiger partial charge < -0.3 is 0 Å². The van der Waals surface area contributed by atoms with E-state index in [-0.39, 0.29) is 15.8 Å². The maximum absolute atomic E-state index is 1.68. The molecule has 0 spiro atoms. The van der Waals surface area contributed by atoms with Crippen molar-refractivity contribution in [3.63, 3.8) is 0 Å². The molecule has 0 saturated carbocycles. The van der Waals surface area contributed by atoms with Gasteiger partial charge in [0.1, 0.15) is 0 Å². The monoisotopic (exact) mass is 204 g/mol. The van der Waals surface area contributed by atoms with E-state index in [0.717, 1.165) is 0 Å². The minimum atomic E-state index is 0.173. The minimum absolute atomic E-state index is 0.173. The summed E-state index contributed by atoms with van der Waals surface area (Å²) in [5, 5.41) is 0. The van der Waals surface area contributed by atoms with Crippen molar-refractivity contribution in [1.82, 2.24) is 0 Å². The fourth-order valence-electron chi connectivity index (χ4n) is 2.68. The molecule has 0 aromatic rings. The van der Waals surface area contributed by atoms with Gasteiger partial charge in [-0.05, 0) is 12.8 Å². The summed E-state index contributed by atoms with van der Waals surface area (Å²) in [6.07, 6.45) is 16.5. The molecule has 0 unspecified atom stereocenters. The molecule has 12 heavy (non-hydrogen) atoms. The molecular weight excluding hydrogens is 182 g/mol. The van der Waals surface area contributed by atoms with Crippen LogP contribution < -0.4 is 0 Å². The van der Waals surface area contributed by atoms with E-state index in [1.165, 1.54) is 0 Å². The Bertz CT molecular complexity index is 106. The van der Waals surface area contributed by atoms with E-state index in [1.807, 2.05) is 0 Å². The smallest absolute Gasteiger partial charge is 0.0160 e. The lowest BCUT2D eigenvalue weighted by atomic mass is 10.4. The molecule has 0 atom stereocenters. The van der Waals surface area contributed by atoms with Crippen LogP contribution in [0.15, 0.2) is 0 Å². The molecule has 0 radical (unpaired) electrons. The lowest BCUT2D eigenvalue weighted by Gasteiger charge is -2.13. The first-order valence-corrected chi connectivity index (χ1v) is 9.86. The second kappa shape index (κ2) is 4.92. The fourth-order valence-corrected chi connectivity index (χ4v) is 9.09. The van der Waals surface area contributed by atoms with Crippen molar-refractivity contribution >= 4 is 15.8 Å². The normalized spacial score (nSPS) is 38.0. The molecule has 3 aliphatic heterocycles. The third-order valence-electron chi connectivity index (χ3n) is 3.43. The second-order valence-electron chi connectivity index (χ2n) is 4.41. The summed E-state index contributed by atoms with van der Waals surface area (Å²) in [7, 11) is 0.347. The van der Waals surface area contributed by atoms with Crippen molar-refractivity contribution in [3.8, 4) is 0 Å². The third kappa shape index (κ3) is 2.68. The highest BCUT2D eigenvalue weighted by Crippen LogP contribution is 2.48. The van der Waals surface area contributed by atoms with Gasteiger partial charge in [-0.15, -0.1) is 0 Å². The molecular formula is C10H22P2+2. The van der Waals surface area contributed by atoms with E-state index in [2.05, 4.69) is 0 Å². The van der Waals surface area contributed by atoms with Gasteiger partial charge >= 0.3 is 0 Å². The van der Waals surface area contributed by atoms with Gasteiger partial charge in [0, 0.05) is 28.7 Å². The van der Waals surface area contributed by atoms with E-state index < -0.39 is 0 Å². The molecule has 0 aliphatic carbocycles. The van der Waals surface area contributed by atoms with Gasteiger partial charge in [-0.2, -0.15) is 0 Å². The largest absolute Gasteiger partial charge is 0.0606 e. The van der Waals surface area contributed by atoms with Crippen molar-refractivity contribution in [1.29, 1.82) is 0 Å². The number of hydrogen-bond acceptors (Lipinski definition) is 0. The van der Waals surface area contributed by atoms with Crippen molar-refractivity contribution in [2.75, 3.05) is 37.0 Å². The molecule has 2 bridgehead atoms. The lowest BCUT2D eigenvalue weighted by molar-refractivity contribution is 0.899. The van der Waals surface area contributed by atoms with Crippen LogP contribution in [-0.2, 0) is 0 Å². The average Bonchev–Trinajstić information content (AvgIpc) is 2.18. The quantitative estimate of drug-likeness (QED) is 0.532. The van der Waals surface area contributed by atoms with Crippen molar-refractivity contribution in [2.45, 2.75) is 25.7 Å². The Morgan fingerprint density at radius 3 is 1.17 bits per heavy atom. The third-order valence-corrected chi connectivity index (χ3v) is 9.80. The molecule has 0 amide bonds. The van der Waals surface area contributed by atoms with Crippen molar-refractivity contribution in [2.24, 2.45) is 0 Å². The van der Waals surface area contributed by atoms with Crippen LogP contribution in [0.25, 0.3) is 0 Å². The maximum Gasteiger partial charge on any atom is 0.0606 e. The molecule has 0 nitrogen and oxygen atoms in total. The summed E-state index contributed by atoms with van der Waals surface area (Å²) in [5.74, 6) is 0. The predicted octanol–water partition coefficient (Wildman–Crippen LogP) is 3.00. The van der Waals surface area contributed by atoms with Crippen molar-refractivity contribution < 1.29 is 0 Å². The molecule has 3 rings (SSSR count). The Morgan fingerprint density at radius 1 is 0.417 bits per heavy atom. The highest BCUT2D eigenvalue weighted by atomic mass is 31.1. The Morgan fingerprint density at radius 2 is 0.750 bits per heavy atom. The summed E-state index contributed by atoms with van der Waals surface area (Å²) >= 11 is 0. The highest BCUT2D eigenvalue weighted by molar-refractivity contribution is 7.59. The summed E-state index contributed by atoms with van der Waals surface area (Å²) in [6.45, 7) is 0. The van der Waals surface area contributed by atoms with Crippen LogP contribution in [0, 0.1) is 0 Å². The van der Waals surface area contributed by atoms with Crippen LogP contribution in [0.4, 0.5) is 0 Å². The minimum Gasteiger partial charge on any atom is -0.0160 e. The van der Waals surface area contributed by atoms with Gasteiger partial charge in [0.05, 0.1) is 37.0 Å². The molecule has 3 heterocycles. The van der Waals surface area contributed by atoms with Crippen LogP contribution in [-0.4, -0.2) is 37.0 Å². The molecule has 70 valence electrons. The summed E-state index contributed by atoms with van der Waals surface area (Å²) < 4.78 is 0. The summed E-state index contributed by atoms with van der Waals surface area (Å²) in [4.78, 5) is 0. The Balaban J connectivity index is 1.96. The van der Waals surface area contributed by atoms with Crippen LogP contribution >= 0.6 is 15.8 Å². The zero-order valence-electron chi connectivity index (χ0n) is 8.07. The zero-order valence-corrected chi connectivity index (χ0v) is 10.1. The number of fused-ring (bicyclic) bond motifs is 7. The zero-order chi connectivity index (χ0) is 8.23. The Kier molecular flexibility index (Phi) is 3.86. The van der Waals surface area contributed by atoms with Crippen LogP contribution in [0.3, 0.4) is 0 Å². The molecule has 3 aliphatic rings. The standard InChI is InChI=1S/C10H20P2/c1-2-6-12-9-3-7-11(5-1)8-4-10-12/h1-10H2/p+2. The first-order chi connectivity index (χ1) is 5.95. The molecule has 3 fully saturated rings. The van der Waals surface area contributed by atoms with Gasteiger partial charge in [-0.1, -0.05) is 0 Å². The second-order valence-corrected chi connectivity index (χ2v) is 10.4. The van der Waals surface area contributed by atoms with Crippen molar-refractivity contribution in [3.05, 3.63) is 0 Å². The summed E-state index contributed by atoms with van der Waals surface area (Å²) in [6, 6.07) is 0. The lowest BCUT2D eigenvalue weighted by Crippen LogP contribution is -2.02. The van der Waals surface area contributed by atoms with Crippen LogP contribution in [0.5, 0.6) is 0 Å². The van der Waals surface area contributed by atoms with Gasteiger partial charge in [0.25, 0.3) is 0 Å². The fraction of sp³-hybridized carbons (Fsp3) is 1.00. The number of hydrogen-bond donors (Lipinski definition) is 0. The SMILES string of the molecule is C1CC[PH+]2CCC[PH+](C1)CCC2. The Labute approximate surface area is 79.0 Å². The topological polar surface area (TPSA) is 0 Å². The maximum atomic E-state index is 1.68. The van der Waals surface area contributed by atoms with Gasteiger partial charge in [0.15, 0.2) is 0 Å². The highest BCUT2D eigenvalue weighted by Gasteiger charge is 2.26.